The van der Waals surface area contributed by atoms with Crippen LogP contribution in [0, 0.1) is 0 Å². The van der Waals surface area contributed by atoms with Crippen LogP contribution in [-0.2, 0) is 14.3 Å². The Kier molecular flexibility index (Phi) is 6.54. The van der Waals surface area contributed by atoms with Gasteiger partial charge in [0.25, 0.3) is 0 Å². The van der Waals surface area contributed by atoms with E-state index in [-0.39, 0.29) is 18.1 Å². The van der Waals surface area contributed by atoms with Crippen LogP contribution in [0.3, 0.4) is 0 Å². The van der Waals surface area contributed by atoms with Gasteiger partial charge < -0.3 is 14.8 Å². The number of hydrogen-bond donors (Lipinski definition) is 1. The van der Waals surface area contributed by atoms with Gasteiger partial charge in [0.1, 0.15) is 6.04 Å². The second kappa shape index (κ2) is 6.86. The first-order chi connectivity index (χ1) is 6.11. The third kappa shape index (κ3) is 5.60. The molecule has 0 aliphatic heterocycles. The topological polar surface area (TPSA) is 47.6 Å². The summed E-state index contributed by atoms with van der Waals surface area (Å²) in [6.07, 6.45) is 0. The average molecular weight is 189 g/mol. The van der Waals surface area contributed by atoms with Gasteiger partial charge in [-0.3, -0.25) is 4.79 Å². The van der Waals surface area contributed by atoms with E-state index in [1.807, 2.05) is 20.8 Å². The van der Waals surface area contributed by atoms with Crippen LogP contribution in [0.1, 0.15) is 20.8 Å². The van der Waals surface area contributed by atoms with Crippen LogP contribution in [-0.4, -0.2) is 38.4 Å². The minimum atomic E-state index is -0.357. The third-order valence-electron chi connectivity index (χ3n) is 1.51. The van der Waals surface area contributed by atoms with Crippen molar-refractivity contribution in [2.75, 3.05) is 20.3 Å². The third-order valence-corrected chi connectivity index (χ3v) is 1.51. The molecule has 0 rings (SSSR count). The zero-order chi connectivity index (χ0) is 10.3. The molecule has 1 atom stereocenters. The van der Waals surface area contributed by atoms with Gasteiger partial charge in [-0.1, -0.05) is 13.8 Å². The lowest BCUT2D eigenvalue weighted by molar-refractivity contribution is -0.145. The van der Waals surface area contributed by atoms with E-state index >= 15 is 0 Å². The van der Waals surface area contributed by atoms with Gasteiger partial charge in [-0.05, 0) is 6.92 Å². The first-order valence-electron chi connectivity index (χ1n) is 4.53. The molecule has 0 aromatic rings. The van der Waals surface area contributed by atoms with Crippen LogP contribution in [0.5, 0.6) is 0 Å². The zero-order valence-corrected chi connectivity index (χ0v) is 8.79. The molecule has 0 amide bonds. The van der Waals surface area contributed by atoms with E-state index in [9.17, 15) is 4.79 Å². The van der Waals surface area contributed by atoms with Gasteiger partial charge in [0.2, 0.25) is 0 Å². The van der Waals surface area contributed by atoms with E-state index in [0.29, 0.717) is 13.2 Å². The predicted octanol–water partition coefficient (Wildman–Crippen LogP) is 0.562. The summed E-state index contributed by atoms with van der Waals surface area (Å²) in [6.45, 7) is 6.81. The summed E-state index contributed by atoms with van der Waals surface area (Å²) >= 11 is 0. The van der Waals surface area contributed by atoms with Gasteiger partial charge in [0.15, 0.2) is 0 Å². The molecule has 0 bridgehead atoms. The first-order valence-corrected chi connectivity index (χ1v) is 4.53. The minimum Gasteiger partial charge on any atom is -0.468 e. The van der Waals surface area contributed by atoms with Gasteiger partial charge in [-0.2, -0.15) is 0 Å². The van der Waals surface area contributed by atoms with Crippen LogP contribution < -0.4 is 5.32 Å². The van der Waals surface area contributed by atoms with Gasteiger partial charge in [-0.25, -0.2) is 0 Å². The average Bonchev–Trinajstić information content (AvgIpc) is 2.10. The first kappa shape index (κ1) is 12.4. The van der Waals surface area contributed by atoms with Crippen molar-refractivity contribution in [3.8, 4) is 0 Å². The van der Waals surface area contributed by atoms with Crippen molar-refractivity contribution >= 4 is 5.97 Å². The lowest BCUT2D eigenvalue weighted by Crippen LogP contribution is -2.44. The molecule has 0 radical (unpaired) electrons. The molecule has 0 saturated carbocycles. The Morgan fingerprint density at radius 2 is 2.08 bits per heavy atom. The number of carbonyl (C=O) groups excluding carboxylic acids is 1. The number of esters is 1. The van der Waals surface area contributed by atoms with Crippen LogP contribution in [0.25, 0.3) is 0 Å². The lowest BCUT2D eigenvalue weighted by Gasteiger charge is -2.18. The van der Waals surface area contributed by atoms with E-state index in [1.165, 1.54) is 7.11 Å². The second-order valence-corrected chi connectivity index (χ2v) is 3.06. The lowest BCUT2D eigenvalue weighted by atomic mass is 10.2. The Labute approximate surface area is 79.6 Å². The number of nitrogens with one attached hydrogen (secondary N) is 1. The Hall–Kier alpha value is -0.610. The van der Waals surface area contributed by atoms with Gasteiger partial charge >= 0.3 is 5.97 Å². The van der Waals surface area contributed by atoms with E-state index in [0.717, 1.165) is 0 Å². The Balaban J connectivity index is 3.94. The maximum absolute atomic E-state index is 11.2. The standard InChI is InChI=1S/C9H19NO3/c1-5-13-6-8(9(11)12-4)10-7(2)3/h7-8,10H,5-6H2,1-4H3. The van der Waals surface area contributed by atoms with Gasteiger partial charge in [0.05, 0.1) is 13.7 Å². The van der Waals surface area contributed by atoms with Crippen LogP contribution in [0.4, 0.5) is 0 Å². The second-order valence-electron chi connectivity index (χ2n) is 3.06. The Morgan fingerprint density at radius 3 is 2.46 bits per heavy atom. The maximum atomic E-state index is 11.2. The van der Waals surface area contributed by atoms with Crippen molar-refractivity contribution in [3.63, 3.8) is 0 Å². The fourth-order valence-electron chi connectivity index (χ4n) is 0.965. The van der Waals surface area contributed by atoms with Crippen molar-refractivity contribution in [1.29, 1.82) is 0 Å². The molecule has 0 aliphatic rings. The summed E-state index contributed by atoms with van der Waals surface area (Å²) < 4.78 is 9.79. The molecular weight excluding hydrogens is 170 g/mol. The van der Waals surface area contributed by atoms with Crippen molar-refractivity contribution in [1.82, 2.24) is 5.32 Å². The molecule has 1 unspecified atom stereocenters. The molecular formula is C9H19NO3. The number of methoxy groups -OCH3 is 1. The quantitative estimate of drug-likeness (QED) is 0.620. The molecule has 1 N–H and O–H groups in total. The van der Waals surface area contributed by atoms with E-state index in [2.05, 4.69) is 10.1 Å². The molecule has 13 heavy (non-hydrogen) atoms. The summed E-state index contributed by atoms with van der Waals surface area (Å²) in [4.78, 5) is 11.2. The molecule has 78 valence electrons. The molecule has 0 aliphatic carbocycles. The Bertz CT molecular complexity index is 148. The largest absolute Gasteiger partial charge is 0.468 e. The van der Waals surface area contributed by atoms with E-state index in [4.69, 9.17) is 4.74 Å². The number of rotatable bonds is 6. The molecule has 0 heterocycles. The highest BCUT2D eigenvalue weighted by molar-refractivity contribution is 5.75. The van der Waals surface area contributed by atoms with Crippen molar-refractivity contribution in [2.45, 2.75) is 32.9 Å². The zero-order valence-electron chi connectivity index (χ0n) is 8.79. The van der Waals surface area contributed by atoms with Crippen LogP contribution >= 0.6 is 0 Å². The maximum Gasteiger partial charge on any atom is 0.325 e. The predicted molar refractivity (Wildman–Crippen MR) is 50.6 cm³/mol. The van der Waals surface area contributed by atoms with E-state index in [1.54, 1.807) is 0 Å². The summed E-state index contributed by atoms with van der Waals surface area (Å²) in [5, 5.41) is 3.07. The van der Waals surface area contributed by atoms with Crippen molar-refractivity contribution in [2.24, 2.45) is 0 Å². The minimum absolute atomic E-state index is 0.240. The number of carbonyl (C=O) groups is 1. The van der Waals surface area contributed by atoms with Crippen LogP contribution in [0.2, 0.25) is 0 Å². The fraction of sp³-hybridized carbons (Fsp3) is 0.889. The molecule has 4 nitrogen and oxygen atoms in total. The summed E-state index contributed by atoms with van der Waals surface area (Å²) in [5.41, 5.74) is 0. The molecule has 0 saturated heterocycles. The molecule has 4 heteroatoms. The normalized spacial score (nSPS) is 13.0. The van der Waals surface area contributed by atoms with Crippen LogP contribution in [0.15, 0.2) is 0 Å². The monoisotopic (exact) mass is 189 g/mol. The highest BCUT2D eigenvalue weighted by Crippen LogP contribution is 1.92. The fourth-order valence-corrected chi connectivity index (χ4v) is 0.965. The summed E-state index contributed by atoms with van der Waals surface area (Å²) in [7, 11) is 1.38. The number of ether oxygens (including phenoxy) is 2. The molecule has 0 spiro atoms. The molecule has 0 aromatic carbocycles. The number of hydrogen-bond acceptors (Lipinski definition) is 4. The van der Waals surface area contributed by atoms with Crippen molar-refractivity contribution < 1.29 is 14.3 Å². The van der Waals surface area contributed by atoms with E-state index < -0.39 is 0 Å². The SMILES string of the molecule is CCOCC(NC(C)C)C(=O)OC. The summed E-state index contributed by atoms with van der Waals surface area (Å²) in [5.74, 6) is -0.276. The Morgan fingerprint density at radius 1 is 1.46 bits per heavy atom. The smallest absolute Gasteiger partial charge is 0.325 e. The highest BCUT2D eigenvalue weighted by atomic mass is 16.5. The van der Waals surface area contributed by atoms with Crippen molar-refractivity contribution in [3.05, 3.63) is 0 Å². The van der Waals surface area contributed by atoms with Gasteiger partial charge in [0, 0.05) is 12.6 Å². The summed E-state index contributed by atoms with van der Waals surface area (Å²) in [6, 6.07) is -0.116. The van der Waals surface area contributed by atoms with Gasteiger partial charge in [-0.15, -0.1) is 0 Å². The highest BCUT2D eigenvalue weighted by Gasteiger charge is 2.19. The molecule has 0 aromatic heterocycles. The molecule has 0 fully saturated rings.